The number of aromatic nitrogens is 3. The molecule has 3 rings (SSSR count). The van der Waals surface area contributed by atoms with Gasteiger partial charge in [0.25, 0.3) is 0 Å². The van der Waals surface area contributed by atoms with Crippen LogP contribution in [0.1, 0.15) is 37.1 Å². The average molecular weight is 230 g/mol. The Kier molecular flexibility index (Phi) is 2.59. The molecular formula is C13H18N4. The van der Waals surface area contributed by atoms with Gasteiger partial charge in [0, 0.05) is 18.2 Å². The molecule has 2 unspecified atom stereocenters. The predicted octanol–water partition coefficient (Wildman–Crippen LogP) is 2.12. The van der Waals surface area contributed by atoms with E-state index >= 15 is 0 Å². The number of imidazole rings is 1. The quantitative estimate of drug-likeness (QED) is 0.789. The minimum Gasteiger partial charge on any atom is -0.340 e. The van der Waals surface area contributed by atoms with Crippen molar-refractivity contribution in [1.82, 2.24) is 20.3 Å². The molecule has 4 heteroatoms. The van der Waals surface area contributed by atoms with Crippen LogP contribution in [-0.4, -0.2) is 27.5 Å². The molecule has 3 heterocycles. The monoisotopic (exact) mass is 230 g/mol. The molecule has 2 aromatic heterocycles. The number of pyridine rings is 1. The van der Waals surface area contributed by atoms with Crippen LogP contribution in [0.25, 0.3) is 11.2 Å². The van der Waals surface area contributed by atoms with Crippen LogP contribution in [0.5, 0.6) is 0 Å². The van der Waals surface area contributed by atoms with Gasteiger partial charge < -0.3 is 10.3 Å². The minimum atomic E-state index is 0.542. The van der Waals surface area contributed by atoms with Gasteiger partial charge in [-0.15, -0.1) is 0 Å². The van der Waals surface area contributed by atoms with Gasteiger partial charge in [0.15, 0.2) is 5.65 Å². The van der Waals surface area contributed by atoms with Crippen molar-refractivity contribution >= 4 is 11.2 Å². The number of piperidine rings is 1. The molecule has 17 heavy (non-hydrogen) atoms. The Labute approximate surface area is 101 Å². The summed E-state index contributed by atoms with van der Waals surface area (Å²) in [6, 6.07) is 2.60. The molecule has 0 aliphatic carbocycles. The third kappa shape index (κ3) is 1.93. The SMILES string of the molecule is Cc1ccnc2nc(C3CCNC(C)C3)[nH]c12. The summed E-state index contributed by atoms with van der Waals surface area (Å²) in [6.45, 7) is 5.41. The molecule has 0 radical (unpaired) electrons. The number of aromatic amines is 1. The topological polar surface area (TPSA) is 53.6 Å². The van der Waals surface area contributed by atoms with Crippen molar-refractivity contribution in [1.29, 1.82) is 0 Å². The number of H-pyrrole nitrogens is 1. The minimum absolute atomic E-state index is 0.542. The highest BCUT2D eigenvalue weighted by molar-refractivity contribution is 5.74. The van der Waals surface area contributed by atoms with E-state index in [0.29, 0.717) is 12.0 Å². The summed E-state index contributed by atoms with van der Waals surface area (Å²) < 4.78 is 0. The van der Waals surface area contributed by atoms with Crippen LogP contribution < -0.4 is 5.32 Å². The van der Waals surface area contributed by atoms with Gasteiger partial charge in [-0.2, -0.15) is 0 Å². The van der Waals surface area contributed by atoms with Gasteiger partial charge in [-0.25, -0.2) is 9.97 Å². The average Bonchev–Trinajstić information content (AvgIpc) is 2.74. The fourth-order valence-corrected chi connectivity index (χ4v) is 2.63. The first-order valence-electron chi connectivity index (χ1n) is 6.28. The van der Waals surface area contributed by atoms with Crippen LogP contribution in [0, 0.1) is 6.92 Å². The Hall–Kier alpha value is -1.42. The molecule has 0 saturated carbocycles. The Bertz CT molecular complexity index is 531. The molecule has 2 N–H and O–H groups in total. The molecule has 2 aromatic rings. The van der Waals surface area contributed by atoms with E-state index in [1.807, 2.05) is 12.3 Å². The van der Waals surface area contributed by atoms with E-state index in [2.05, 4.69) is 34.1 Å². The summed E-state index contributed by atoms with van der Waals surface area (Å²) in [5.74, 6) is 1.65. The number of hydrogen-bond donors (Lipinski definition) is 2. The zero-order valence-corrected chi connectivity index (χ0v) is 10.3. The van der Waals surface area contributed by atoms with Crippen LogP contribution in [0.3, 0.4) is 0 Å². The van der Waals surface area contributed by atoms with E-state index in [0.717, 1.165) is 36.4 Å². The zero-order valence-electron chi connectivity index (χ0n) is 10.3. The van der Waals surface area contributed by atoms with E-state index in [9.17, 15) is 0 Å². The number of hydrogen-bond acceptors (Lipinski definition) is 3. The van der Waals surface area contributed by atoms with Crippen molar-refractivity contribution in [2.45, 2.75) is 38.6 Å². The molecule has 0 bridgehead atoms. The van der Waals surface area contributed by atoms with Gasteiger partial charge in [-0.3, -0.25) is 0 Å². The second-order valence-corrected chi connectivity index (χ2v) is 5.02. The van der Waals surface area contributed by atoms with Gasteiger partial charge in [0.05, 0.1) is 5.52 Å². The maximum atomic E-state index is 4.64. The van der Waals surface area contributed by atoms with Gasteiger partial charge in [-0.05, 0) is 44.9 Å². The van der Waals surface area contributed by atoms with E-state index in [1.54, 1.807) is 0 Å². The van der Waals surface area contributed by atoms with E-state index in [1.165, 1.54) is 5.56 Å². The van der Waals surface area contributed by atoms with E-state index in [-0.39, 0.29) is 0 Å². The van der Waals surface area contributed by atoms with E-state index in [4.69, 9.17) is 0 Å². The second kappa shape index (κ2) is 4.11. The third-order valence-electron chi connectivity index (χ3n) is 3.63. The van der Waals surface area contributed by atoms with Gasteiger partial charge in [0.2, 0.25) is 0 Å². The lowest BCUT2D eigenvalue weighted by molar-refractivity contribution is 0.373. The molecule has 1 fully saturated rings. The molecule has 0 aromatic carbocycles. The Balaban J connectivity index is 1.97. The summed E-state index contributed by atoms with van der Waals surface area (Å²) in [5, 5.41) is 3.47. The molecule has 0 spiro atoms. The molecule has 1 aliphatic heterocycles. The normalized spacial score (nSPS) is 25.3. The smallest absolute Gasteiger partial charge is 0.177 e. The number of nitrogens with zero attached hydrogens (tertiary/aromatic N) is 2. The first-order valence-corrected chi connectivity index (χ1v) is 6.28. The Morgan fingerprint density at radius 1 is 1.41 bits per heavy atom. The lowest BCUT2D eigenvalue weighted by Gasteiger charge is -2.26. The molecule has 1 aliphatic rings. The number of aryl methyl sites for hydroxylation is 1. The predicted molar refractivity (Wildman–Crippen MR) is 68.1 cm³/mol. The molecule has 90 valence electrons. The summed E-state index contributed by atoms with van der Waals surface area (Å²) in [5.41, 5.74) is 3.16. The first-order chi connectivity index (χ1) is 8.24. The van der Waals surface area contributed by atoms with Crippen LogP contribution >= 0.6 is 0 Å². The van der Waals surface area contributed by atoms with Gasteiger partial charge in [-0.1, -0.05) is 0 Å². The van der Waals surface area contributed by atoms with Crippen LogP contribution in [0.2, 0.25) is 0 Å². The molecule has 2 atom stereocenters. The third-order valence-corrected chi connectivity index (χ3v) is 3.63. The maximum Gasteiger partial charge on any atom is 0.177 e. The van der Waals surface area contributed by atoms with Crippen molar-refractivity contribution in [3.63, 3.8) is 0 Å². The van der Waals surface area contributed by atoms with Crippen LogP contribution in [-0.2, 0) is 0 Å². The summed E-state index contributed by atoms with van der Waals surface area (Å²) in [6.07, 6.45) is 4.13. The lowest BCUT2D eigenvalue weighted by atomic mass is 9.93. The van der Waals surface area contributed by atoms with E-state index < -0.39 is 0 Å². The Morgan fingerprint density at radius 3 is 3.06 bits per heavy atom. The fourth-order valence-electron chi connectivity index (χ4n) is 2.63. The van der Waals surface area contributed by atoms with Crippen molar-refractivity contribution in [3.05, 3.63) is 23.7 Å². The van der Waals surface area contributed by atoms with Crippen molar-refractivity contribution < 1.29 is 0 Å². The van der Waals surface area contributed by atoms with Crippen LogP contribution in [0.4, 0.5) is 0 Å². The van der Waals surface area contributed by atoms with Crippen LogP contribution in [0.15, 0.2) is 12.3 Å². The molecular weight excluding hydrogens is 212 g/mol. The second-order valence-electron chi connectivity index (χ2n) is 5.02. The highest BCUT2D eigenvalue weighted by Gasteiger charge is 2.22. The number of nitrogens with one attached hydrogen (secondary N) is 2. The van der Waals surface area contributed by atoms with Gasteiger partial charge >= 0.3 is 0 Å². The zero-order chi connectivity index (χ0) is 11.8. The van der Waals surface area contributed by atoms with Crippen molar-refractivity contribution in [2.24, 2.45) is 0 Å². The van der Waals surface area contributed by atoms with Crippen molar-refractivity contribution in [3.8, 4) is 0 Å². The summed E-state index contributed by atoms with van der Waals surface area (Å²) >= 11 is 0. The summed E-state index contributed by atoms with van der Waals surface area (Å²) in [4.78, 5) is 12.4. The highest BCUT2D eigenvalue weighted by Crippen LogP contribution is 2.27. The molecule has 4 nitrogen and oxygen atoms in total. The lowest BCUT2D eigenvalue weighted by Crippen LogP contribution is -2.35. The Morgan fingerprint density at radius 2 is 2.29 bits per heavy atom. The fraction of sp³-hybridized carbons (Fsp3) is 0.538. The number of rotatable bonds is 1. The maximum absolute atomic E-state index is 4.64. The highest BCUT2D eigenvalue weighted by atomic mass is 15.0. The standard InChI is InChI=1S/C13H18N4/c1-8-3-5-15-13-11(8)16-12(17-13)10-4-6-14-9(2)7-10/h3,5,9-10,14H,4,6-7H2,1-2H3,(H,15,16,17). The molecule has 1 saturated heterocycles. The molecule has 0 amide bonds. The number of fused-ring (bicyclic) bond motifs is 1. The van der Waals surface area contributed by atoms with Gasteiger partial charge in [0.1, 0.15) is 5.82 Å². The largest absolute Gasteiger partial charge is 0.340 e. The van der Waals surface area contributed by atoms with Crippen molar-refractivity contribution in [2.75, 3.05) is 6.54 Å². The first kappa shape index (κ1) is 10.7. The summed E-state index contributed by atoms with van der Waals surface area (Å²) in [7, 11) is 0.